The van der Waals surface area contributed by atoms with E-state index in [1.165, 1.54) is 14.2 Å². The molecule has 0 aliphatic rings. The van der Waals surface area contributed by atoms with Gasteiger partial charge in [-0.1, -0.05) is 6.42 Å². The first-order valence-corrected chi connectivity index (χ1v) is 9.16. The molecule has 6 nitrogen and oxygen atoms in total. The van der Waals surface area contributed by atoms with E-state index in [0.717, 1.165) is 32.1 Å². The zero-order valence-electron chi connectivity index (χ0n) is 15.6. The predicted molar refractivity (Wildman–Crippen MR) is 94.1 cm³/mol. The number of ketones is 2. The van der Waals surface area contributed by atoms with Crippen molar-refractivity contribution in [3.8, 4) is 0 Å². The van der Waals surface area contributed by atoms with E-state index in [1.54, 1.807) is 0 Å². The van der Waals surface area contributed by atoms with Crippen molar-refractivity contribution >= 4 is 23.5 Å². The second-order valence-electron chi connectivity index (χ2n) is 6.20. The minimum atomic E-state index is -0.234. The Morgan fingerprint density at radius 3 is 1.08 bits per heavy atom. The highest BCUT2D eigenvalue weighted by Crippen LogP contribution is 2.10. The highest BCUT2D eigenvalue weighted by Gasteiger charge is 2.06. The Morgan fingerprint density at radius 1 is 0.480 bits per heavy atom. The number of carbonyl (C=O) groups excluding carboxylic acids is 4. The zero-order valence-corrected chi connectivity index (χ0v) is 15.6. The summed E-state index contributed by atoms with van der Waals surface area (Å²) in [6.45, 7) is 0. The summed E-state index contributed by atoms with van der Waals surface area (Å²) in [5.41, 5.74) is 0. The van der Waals surface area contributed by atoms with Crippen LogP contribution in [0.5, 0.6) is 0 Å². The maximum absolute atomic E-state index is 11.7. The molecule has 0 rings (SSSR count). The van der Waals surface area contributed by atoms with Crippen LogP contribution in [0, 0.1) is 0 Å². The van der Waals surface area contributed by atoms with Gasteiger partial charge in [0.05, 0.1) is 14.2 Å². The highest BCUT2D eigenvalue weighted by atomic mass is 16.5. The van der Waals surface area contributed by atoms with Crippen molar-refractivity contribution in [1.29, 1.82) is 0 Å². The topological polar surface area (TPSA) is 86.7 Å². The molecule has 0 aromatic heterocycles. The molecule has 0 aromatic carbocycles. The fraction of sp³-hybridized carbons (Fsp3) is 0.789. The third-order valence-corrected chi connectivity index (χ3v) is 4.04. The summed E-state index contributed by atoms with van der Waals surface area (Å²) in [7, 11) is 2.72. The van der Waals surface area contributed by atoms with Crippen LogP contribution in [0.15, 0.2) is 0 Å². The smallest absolute Gasteiger partial charge is 0.305 e. The molecule has 0 atom stereocenters. The van der Waals surface area contributed by atoms with Gasteiger partial charge in [-0.3, -0.25) is 19.2 Å². The maximum atomic E-state index is 11.7. The van der Waals surface area contributed by atoms with E-state index in [0.29, 0.717) is 51.4 Å². The molecule has 0 aliphatic heterocycles. The number of Topliss-reactive ketones (excluding diaryl/α,β-unsaturated/α-hetero) is 2. The summed E-state index contributed by atoms with van der Waals surface area (Å²) in [5.74, 6) is -0.0252. The lowest BCUT2D eigenvalue weighted by Crippen LogP contribution is -2.02. The molecule has 0 fully saturated rings. The predicted octanol–water partition coefficient (Wildman–Crippen LogP) is 3.54. The van der Waals surface area contributed by atoms with Crippen molar-refractivity contribution in [1.82, 2.24) is 0 Å². The standard InChI is InChI=1S/C19H32O6/c1-24-18(22)14-8-6-12-16(20)10-4-3-5-11-17(21)13-7-9-15-19(23)25-2/h3-15H2,1-2H3. The zero-order chi connectivity index (χ0) is 18.9. The van der Waals surface area contributed by atoms with Crippen LogP contribution < -0.4 is 0 Å². The van der Waals surface area contributed by atoms with Gasteiger partial charge in [0, 0.05) is 38.5 Å². The first-order valence-electron chi connectivity index (χ1n) is 9.16. The Hall–Kier alpha value is -1.72. The average molecular weight is 356 g/mol. The molecule has 144 valence electrons. The van der Waals surface area contributed by atoms with Gasteiger partial charge in [-0.15, -0.1) is 0 Å². The highest BCUT2D eigenvalue weighted by molar-refractivity contribution is 5.79. The monoisotopic (exact) mass is 356 g/mol. The van der Waals surface area contributed by atoms with Crippen LogP contribution in [0.3, 0.4) is 0 Å². The molecule has 0 bridgehead atoms. The van der Waals surface area contributed by atoms with Gasteiger partial charge in [-0.2, -0.15) is 0 Å². The molecular weight excluding hydrogens is 324 g/mol. The molecule has 0 radical (unpaired) electrons. The van der Waals surface area contributed by atoms with Crippen LogP contribution in [0.4, 0.5) is 0 Å². The van der Waals surface area contributed by atoms with Crippen LogP contribution >= 0.6 is 0 Å². The lowest BCUT2D eigenvalue weighted by molar-refractivity contribution is -0.141. The fourth-order valence-corrected chi connectivity index (χ4v) is 2.46. The minimum Gasteiger partial charge on any atom is -0.469 e. The Morgan fingerprint density at radius 2 is 0.760 bits per heavy atom. The number of methoxy groups -OCH3 is 2. The summed E-state index contributed by atoms with van der Waals surface area (Å²) in [6, 6.07) is 0. The quantitative estimate of drug-likeness (QED) is 0.310. The van der Waals surface area contributed by atoms with E-state index in [2.05, 4.69) is 9.47 Å². The van der Waals surface area contributed by atoms with Crippen molar-refractivity contribution in [2.24, 2.45) is 0 Å². The first-order chi connectivity index (χ1) is 12.0. The largest absolute Gasteiger partial charge is 0.469 e. The lowest BCUT2D eigenvalue weighted by Gasteiger charge is -2.03. The minimum absolute atomic E-state index is 0.221. The van der Waals surface area contributed by atoms with Gasteiger partial charge < -0.3 is 9.47 Å². The van der Waals surface area contributed by atoms with E-state index in [1.807, 2.05) is 0 Å². The molecule has 0 aromatic rings. The summed E-state index contributed by atoms with van der Waals surface area (Å²) >= 11 is 0. The van der Waals surface area contributed by atoms with Gasteiger partial charge in [0.25, 0.3) is 0 Å². The normalized spacial score (nSPS) is 10.3. The molecule has 25 heavy (non-hydrogen) atoms. The molecule has 0 saturated heterocycles. The van der Waals surface area contributed by atoms with Crippen molar-refractivity contribution in [3.05, 3.63) is 0 Å². The van der Waals surface area contributed by atoms with Crippen molar-refractivity contribution in [2.75, 3.05) is 14.2 Å². The fourth-order valence-electron chi connectivity index (χ4n) is 2.46. The third kappa shape index (κ3) is 15.5. The number of unbranched alkanes of at least 4 members (excludes halogenated alkanes) is 4. The molecule has 0 spiro atoms. The molecule has 0 saturated carbocycles. The van der Waals surface area contributed by atoms with E-state index < -0.39 is 0 Å². The maximum Gasteiger partial charge on any atom is 0.305 e. The number of hydrogen-bond acceptors (Lipinski definition) is 6. The summed E-state index contributed by atoms with van der Waals surface area (Å²) in [4.78, 5) is 45.2. The van der Waals surface area contributed by atoms with E-state index in [-0.39, 0.29) is 23.5 Å². The molecule has 0 N–H and O–H groups in total. The second kappa shape index (κ2) is 15.8. The van der Waals surface area contributed by atoms with E-state index >= 15 is 0 Å². The van der Waals surface area contributed by atoms with Gasteiger partial charge in [0.2, 0.25) is 0 Å². The second-order valence-corrected chi connectivity index (χ2v) is 6.20. The Labute approximate surface area is 150 Å². The van der Waals surface area contributed by atoms with Gasteiger partial charge in [0.15, 0.2) is 0 Å². The first kappa shape index (κ1) is 23.3. The molecule has 0 heterocycles. The summed E-state index contributed by atoms with van der Waals surface area (Å²) < 4.78 is 9.09. The van der Waals surface area contributed by atoms with Crippen LogP contribution in [0.2, 0.25) is 0 Å². The van der Waals surface area contributed by atoms with Gasteiger partial charge in [-0.25, -0.2) is 0 Å². The molecular formula is C19H32O6. The van der Waals surface area contributed by atoms with Gasteiger partial charge >= 0.3 is 11.9 Å². The third-order valence-electron chi connectivity index (χ3n) is 4.04. The van der Waals surface area contributed by atoms with Crippen LogP contribution in [-0.2, 0) is 28.7 Å². The molecule has 0 aliphatic carbocycles. The molecule has 6 heteroatoms. The van der Waals surface area contributed by atoms with Crippen LogP contribution in [0.1, 0.15) is 83.5 Å². The SMILES string of the molecule is COC(=O)CCCCC(=O)CCCCCC(=O)CCCCC(=O)OC. The Bertz CT molecular complexity index is 378. The van der Waals surface area contributed by atoms with Crippen molar-refractivity contribution < 1.29 is 28.7 Å². The lowest BCUT2D eigenvalue weighted by atomic mass is 10.0. The number of ether oxygens (including phenoxy) is 2. The number of rotatable bonds is 16. The van der Waals surface area contributed by atoms with Gasteiger partial charge in [0.1, 0.15) is 11.6 Å². The van der Waals surface area contributed by atoms with Crippen molar-refractivity contribution in [3.63, 3.8) is 0 Å². The van der Waals surface area contributed by atoms with Gasteiger partial charge in [-0.05, 0) is 38.5 Å². The number of esters is 2. The molecule has 0 unspecified atom stereocenters. The average Bonchev–Trinajstić information content (AvgIpc) is 2.61. The molecule has 0 amide bonds. The van der Waals surface area contributed by atoms with E-state index in [9.17, 15) is 19.2 Å². The summed E-state index contributed by atoms with van der Waals surface area (Å²) in [6.07, 6.45) is 8.15. The number of hydrogen-bond donors (Lipinski definition) is 0. The van der Waals surface area contributed by atoms with Crippen LogP contribution in [-0.4, -0.2) is 37.7 Å². The van der Waals surface area contributed by atoms with Crippen LogP contribution in [0.25, 0.3) is 0 Å². The summed E-state index contributed by atoms with van der Waals surface area (Å²) in [5, 5.41) is 0. The number of carbonyl (C=O) groups is 4. The Kier molecular flexibility index (Phi) is 14.7. The Balaban J connectivity index is 3.43. The van der Waals surface area contributed by atoms with E-state index in [4.69, 9.17) is 0 Å². The van der Waals surface area contributed by atoms with Crippen molar-refractivity contribution in [2.45, 2.75) is 83.5 Å².